The number of unbranched alkanes of at least 4 members (excludes halogenated alkanes) is 28. The SMILES string of the molecule is CC/C=C\C/C=C\C/C=C\C/C=C\C/C=C\C/C=C\C/C=C\C/C=C\CCCCCCCCCCC(=O)OC(CO)COC(=O)CCCCCCCCCCCCCCCCCCCCCC/C=C\C/C=C\C/C=C\C/C=C\C/C=C\C/C=C\CC. The highest BCUT2D eigenvalue weighted by Crippen LogP contribution is 2.17. The van der Waals surface area contributed by atoms with Crippen LogP contribution in [0.2, 0.25) is 0 Å². The van der Waals surface area contributed by atoms with Crippen molar-refractivity contribution in [3.05, 3.63) is 170 Å². The minimum absolute atomic E-state index is 0.0756. The van der Waals surface area contributed by atoms with Crippen molar-refractivity contribution in [1.29, 1.82) is 0 Å². The van der Waals surface area contributed by atoms with E-state index in [9.17, 15) is 14.7 Å². The van der Waals surface area contributed by atoms with Gasteiger partial charge in [0.1, 0.15) is 6.61 Å². The fourth-order valence-electron chi connectivity index (χ4n) is 9.75. The van der Waals surface area contributed by atoms with Crippen molar-refractivity contribution in [3.8, 4) is 0 Å². The van der Waals surface area contributed by atoms with E-state index in [1.54, 1.807) is 0 Å². The smallest absolute Gasteiger partial charge is 0.306 e. The fraction of sp³-hybridized carbons (Fsp3) is 0.630. The molecule has 0 saturated heterocycles. The van der Waals surface area contributed by atoms with E-state index in [0.717, 1.165) is 135 Å². The summed E-state index contributed by atoms with van der Waals surface area (Å²) in [5, 5.41) is 9.71. The highest BCUT2D eigenvalue weighted by atomic mass is 16.6. The molecule has 1 atom stereocenters. The lowest BCUT2D eigenvalue weighted by Crippen LogP contribution is -2.28. The van der Waals surface area contributed by atoms with Crippen LogP contribution in [0, 0.1) is 0 Å². The van der Waals surface area contributed by atoms with Crippen LogP contribution in [0.15, 0.2) is 170 Å². The van der Waals surface area contributed by atoms with E-state index in [1.165, 1.54) is 148 Å². The number of rotatable bonds is 64. The van der Waals surface area contributed by atoms with E-state index in [1.807, 2.05) is 0 Å². The Hall–Kier alpha value is -4.74. The first kappa shape index (κ1) is 81.3. The topological polar surface area (TPSA) is 72.8 Å². The van der Waals surface area contributed by atoms with Crippen LogP contribution in [0.3, 0.4) is 0 Å². The molecule has 1 N–H and O–H groups in total. The first-order valence-electron chi connectivity index (χ1n) is 35.7. The zero-order chi connectivity index (χ0) is 61.9. The molecule has 0 aliphatic carbocycles. The van der Waals surface area contributed by atoms with Crippen LogP contribution >= 0.6 is 0 Å². The monoisotopic (exact) mass is 1190 g/mol. The second kappa shape index (κ2) is 74.5. The second-order valence-electron chi connectivity index (χ2n) is 23.2. The zero-order valence-electron chi connectivity index (χ0n) is 55.8. The molecule has 0 amide bonds. The van der Waals surface area contributed by atoms with E-state index >= 15 is 0 Å². The number of allylic oxidation sites excluding steroid dienone is 28. The van der Waals surface area contributed by atoms with Crippen LogP contribution in [0.5, 0.6) is 0 Å². The maximum Gasteiger partial charge on any atom is 0.306 e. The van der Waals surface area contributed by atoms with Gasteiger partial charge >= 0.3 is 11.9 Å². The quantitative estimate of drug-likeness (QED) is 0.0373. The van der Waals surface area contributed by atoms with E-state index in [0.29, 0.717) is 12.8 Å². The van der Waals surface area contributed by atoms with E-state index < -0.39 is 6.10 Å². The van der Waals surface area contributed by atoms with Crippen molar-refractivity contribution in [2.24, 2.45) is 0 Å². The van der Waals surface area contributed by atoms with Gasteiger partial charge in [-0.15, -0.1) is 0 Å². The van der Waals surface area contributed by atoms with Gasteiger partial charge in [0.05, 0.1) is 6.61 Å². The van der Waals surface area contributed by atoms with E-state index in [4.69, 9.17) is 9.47 Å². The van der Waals surface area contributed by atoms with Gasteiger partial charge < -0.3 is 14.6 Å². The predicted molar refractivity (Wildman–Crippen MR) is 380 cm³/mol. The molecule has 0 heterocycles. The Morgan fingerprint density at radius 3 is 0.698 bits per heavy atom. The van der Waals surface area contributed by atoms with Crippen LogP contribution in [0.25, 0.3) is 0 Å². The molecule has 0 rings (SSSR count). The molecule has 0 aliphatic rings. The van der Waals surface area contributed by atoms with Crippen molar-refractivity contribution in [2.45, 2.75) is 315 Å². The third-order valence-electron chi connectivity index (χ3n) is 15.0. The zero-order valence-corrected chi connectivity index (χ0v) is 55.8. The van der Waals surface area contributed by atoms with Crippen LogP contribution in [0.1, 0.15) is 309 Å². The molecule has 0 aliphatic heterocycles. The van der Waals surface area contributed by atoms with E-state index in [-0.39, 0.29) is 25.2 Å². The van der Waals surface area contributed by atoms with Gasteiger partial charge in [0.25, 0.3) is 0 Å². The molecule has 0 saturated carbocycles. The summed E-state index contributed by atoms with van der Waals surface area (Å²) >= 11 is 0. The lowest BCUT2D eigenvalue weighted by Gasteiger charge is -2.15. The first-order valence-corrected chi connectivity index (χ1v) is 35.7. The molecule has 0 spiro atoms. The van der Waals surface area contributed by atoms with Crippen LogP contribution in [-0.2, 0) is 19.1 Å². The van der Waals surface area contributed by atoms with Gasteiger partial charge in [-0.1, -0.05) is 338 Å². The molecule has 0 aromatic carbocycles. The molecule has 0 bridgehead atoms. The fourth-order valence-corrected chi connectivity index (χ4v) is 9.75. The number of esters is 2. The molecule has 0 aromatic rings. The third-order valence-corrected chi connectivity index (χ3v) is 15.0. The summed E-state index contributed by atoms with van der Waals surface area (Å²) in [5.41, 5.74) is 0. The summed E-state index contributed by atoms with van der Waals surface area (Å²) in [7, 11) is 0. The summed E-state index contributed by atoms with van der Waals surface area (Å²) in [4.78, 5) is 24.7. The van der Waals surface area contributed by atoms with Crippen molar-refractivity contribution in [3.63, 3.8) is 0 Å². The lowest BCUT2D eigenvalue weighted by atomic mass is 10.0. The van der Waals surface area contributed by atoms with Gasteiger partial charge in [-0.2, -0.15) is 0 Å². The van der Waals surface area contributed by atoms with Crippen molar-refractivity contribution in [1.82, 2.24) is 0 Å². The normalized spacial score (nSPS) is 13.3. The van der Waals surface area contributed by atoms with E-state index in [2.05, 4.69) is 184 Å². The summed E-state index contributed by atoms with van der Waals surface area (Å²) < 4.78 is 10.8. The number of carbonyl (C=O) groups excluding carboxylic acids is 2. The maximum atomic E-state index is 12.4. The molecule has 0 fully saturated rings. The number of hydrogen-bond donors (Lipinski definition) is 1. The van der Waals surface area contributed by atoms with Crippen molar-refractivity contribution in [2.75, 3.05) is 13.2 Å². The number of hydrogen-bond acceptors (Lipinski definition) is 5. The van der Waals surface area contributed by atoms with Gasteiger partial charge in [0, 0.05) is 12.8 Å². The summed E-state index contributed by atoms with van der Waals surface area (Å²) in [6.45, 7) is 3.92. The molecule has 86 heavy (non-hydrogen) atoms. The van der Waals surface area contributed by atoms with Crippen LogP contribution < -0.4 is 0 Å². The molecule has 5 heteroatoms. The molecule has 486 valence electrons. The Labute approximate surface area is 532 Å². The Balaban J connectivity index is 3.51. The molecular formula is C81H132O5. The maximum absolute atomic E-state index is 12.4. The average Bonchev–Trinajstić information content (AvgIpc) is 3.55. The van der Waals surface area contributed by atoms with Gasteiger partial charge in [0.2, 0.25) is 0 Å². The minimum Gasteiger partial charge on any atom is -0.462 e. The molecular weight excluding hydrogens is 1050 g/mol. The molecule has 0 radical (unpaired) electrons. The Morgan fingerprint density at radius 2 is 0.465 bits per heavy atom. The van der Waals surface area contributed by atoms with Crippen LogP contribution in [-0.4, -0.2) is 36.4 Å². The van der Waals surface area contributed by atoms with Gasteiger partial charge in [-0.05, 0) is 128 Å². The predicted octanol–water partition coefficient (Wildman–Crippen LogP) is 25.2. The van der Waals surface area contributed by atoms with Gasteiger partial charge in [0.15, 0.2) is 6.10 Å². The highest BCUT2D eigenvalue weighted by Gasteiger charge is 2.16. The van der Waals surface area contributed by atoms with Gasteiger partial charge in [-0.3, -0.25) is 9.59 Å². The second-order valence-corrected chi connectivity index (χ2v) is 23.2. The highest BCUT2D eigenvalue weighted by molar-refractivity contribution is 5.70. The number of ether oxygens (including phenoxy) is 2. The lowest BCUT2D eigenvalue weighted by molar-refractivity contribution is -0.161. The largest absolute Gasteiger partial charge is 0.462 e. The Morgan fingerprint density at radius 1 is 0.267 bits per heavy atom. The Bertz CT molecular complexity index is 1870. The standard InChI is InChI=1S/C81H132O5/c1-3-5-7-9-11-13-15-17-19-21-23-25-27-29-31-33-35-37-38-39-40-41-42-44-45-47-49-51-53-55-57-59-61-63-65-67-69-71-73-75-80(83)85-78-79(77-82)86-81(84)76-74-72-70-68-66-64-62-60-58-56-54-52-50-48-46-43-36-34-32-30-28-26-24-22-20-18-16-14-12-10-8-6-4-2/h5-8,11-14,17-20,23-26,29-32,35-37,43,48,50,54,56,79,82H,3-4,9-10,15-16,21-22,27-28,33-34,38-42,44-47,49,51-53,55,57-78H2,1-2H3/b7-5-,8-6-,13-11-,14-12-,19-17-,20-18-,25-23-,26-24-,31-29-,32-30-,37-35-,43-36-,50-48-,56-54-. The number of aliphatic hydroxyl groups is 1. The summed E-state index contributed by atoms with van der Waals surface area (Å²) in [6, 6.07) is 0. The molecule has 1 unspecified atom stereocenters. The molecule has 0 aromatic heterocycles. The number of carbonyl (C=O) groups is 2. The van der Waals surface area contributed by atoms with Crippen molar-refractivity contribution < 1.29 is 24.2 Å². The Kier molecular flexibility index (Phi) is 70.4. The van der Waals surface area contributed by atoms with Crippen molar-refractivity contribution >= 4 is 11.9 Å². The first-order chi connectivity index (χ1) is 42.6. The molecule has 5 nitrogen and oxygen atoms in total. The van der Waals surface area contributed by atoms with Gasteiger partial charge in [-0.25, -0.2) is 0 Å². The third kappa shape index (κ3) is 71.7. The summed E-state index contributed by atoms with van der Waals surface area (Å²) in [6.07, 6.45) is 115. The van der Waals surface area contributed by atoms with Crippen LogP contribution in [0.4, 0.5) is 0 Å². The summed E-state index contributed by atoms with van der Waals surface area (Å²) in [5.74, 6) is -0.599. The number of aliphatic hydroxyl groups excluding tert-OH is 1. The minimum atomic E-state index is -0.788. The average molecular weight is 1190 g/mol.